The van der Waals surface area contributed by atoms with Crippen molar-refractivity contribution < 1.29 is 9.53 Å². The molecular formula is C14H19N3O2S. The molecule has 0 aliphatic heterocycles. The summed E-state index contributed by atoms with van der Waals surface area (Å²) in [6.45, 7) is 1.71. The number of ether oxygens (including phenoxy) is 1. The molecule has 0 saturated heterocycles. The van der Waals surface area contributed by atoms with E-state index < -0.39 is 0 Å². The molecule has 20 heavy (non-hydrogen) atoms. The molecule has 108 valence electrons. The van der Waals surface area contributed by atoms with E-state index in [1.54, 1.807) is 11.3 Å². The maximum absolute atomic E-state index is 11.2. The second-order valence-corrected chi connectivity index (χ2v) is 5.78. The molecule has 2 aromatic heterocycles. The number of hydrogen-bond acceptors (Lipinski definition) is 5. The Morgan fingerprint density at radius 3 is 2.90 bits per heavy atom. The Labute approximate surface area is 122 Å². The van der Waals surface area contributed by atoms with Crippen molar-refractivity contribution in [2.75, 3.05) is 13.7 Å². The van der Waals surface area contributed by atoms with Crippen LogP contribution < -0.4 is 5.32 Å². The number of nitrogens with one attached hydrogen (secondary N) is 1. The van der Waals surface area contributed by atoms with Crippen LogP contribution in [0.25, 0.3) is 0 Å². The van der Waals surface area contributed by atoms with E-state index in [4.69, 9.17) is 0 Å². The number of methoxy groups -OCH3 is 1. The van der Waals surface area contributed by atoms with E-state index in [0.717, 1.165) is 30.1 Å². The number of aryl methyl sites for hydroxylation is 1. The standard InChI is InChI=1S/C14H19N3O2S/c1-17-8-6-11(16-17)5-7-15-10-13-4-3-12(20-13)9-14(18)19-2/h3-4,6,8,15H,5,7,9-10H2,1-2H3. The number of hydrogen-bond donors (Lipinski definition) is 1. The normalized spacial score (nSPS) is 10.7. The third-order valence-corrected chi connectivity index (χ3v) is 3.97. The summed E-state index contributed by atoms with van der Waals surface area (Å²) in [7, 11) is 3.33. The lowest BCUT2D eigenvalue weighted by molar-refractivity contribution is -0.139. The number of carbonyl (C=O) groups excluding carboxylic acids is 1. The highest BCUT2D eigenvalue weighted by Gasteiger charge is 2.06. The first kappa shape index (κ1) is 14.7. The van der Waals surface area contributed by atoms with Crippen molar-refractivity contribution in [2.45, 2.75) is 19.4 Å². The molecule has 0 aromatic carbocycles. The van der Waals surface area contributed by atoms with Crippen LogP contribution >= 0.6 is 11.3 Å². The molecule has 0 amide bonds. The number of rotatable bonds is 7. The Hall–Kier alpha value is -1.66. The number of thiophene rings is 1. The maximum atomic E-state index is 11.2. The summed E-state index contributed by atoms with van der Waals surface area (Å²) in [6, 6.07) is 6.06. The Balaban J connectivity index is 1.70. The lowest BCUT2D eigenvalue weighted by atomic mass is 10.3. The molecule has 5 nitrogen and oxygen atoms in total. The third-order valence-electron chi connectivity index (χ3n) is 2.89. The Morgan fingerprint density at radius 1 is 1.40 bits per heavy atom. The molecule has 0 bridgehead atoms. The lowest BCUT2D eigenvalue weighted by Crippen LogP contribution is -2.16. The molecule has 6 heteroatoms. The molecule has 2 aromatic rings. The maximum Gasteiger partial charge on any atom is 0.310 e. The predicted molar refractivity (Wildman–Crippen MR) is 78.7 cm³/mol. The number of esters is 1. The minimum atomic E-state index is -0.193. The van der Waals surface area contributed by atoms with Crippen LogP contribution in [-0.2, 0) is 36.0 Å². The quantitative estimate of drug-likeness (QED) is 0.621. The van der Waals surface area contributed by atoms with Crippen LogP contribution in [0, 0.1) is 0 Å². The first-order chi connectivity index (χ1) is 9.67. The van der Waals surface area contributed by atoms with Gasteiger partial charge in [-0.15, -0.1) is 11.3 Å². The molecule has 2 heterocycles. The molecule has 0 aliphatic carbocycles. The molecule has 0 radical (unpaired) electrons. The van der Waals surface area contributed by atoms with Crippen LogP contribution in [-0.4, -0.2) is 29.4 Å². The molecule has 0 fully saturated rings. The van der Waals surface area contributed by atoms with Crippen LogP contribution in [0.3, 0.4) is 0 Å². The van der Waals surface area contributed by atoms with Gasteiger partial charge in [-0.05, 0) is 18.2 Å². The highest BCUT2D eigenvalue weighted by atomic mass is 32.1. The number of carbonyl (C=O) groups is 1. The van der Waals surface area contributed by atoms with Crippen LogP contribution in [0.1, 0.15) is 15.4 Å². The zero-order valence-electron chi connectivity index (χ0n) is 11.8. The van der Waals surface area contributed by atoms with Gasteiger partial charge in [0.1, 0.15) is 0 Å². The second kappa shape index (κ2) is 7.21. The van der Waals surface area contributed by atoms with Gasteiger partial charge in [-0.3, -0.25) is 9.48 Å². The molecule has 0 spiro atoms. The summed E-state index contributed by atoms with van der Waals surface area (Å²) in [5, 5.41) is 7.71. The van der Waals surface area contributed by atoms with Gasteiger partial charge in [-0.1, -0.05) is 0 Å². The third kappa shape index (κ3) is 4.47. The summed E-state index contributed by atoms with van der Waals surface area (Å²) in [5.41, 5.74) is 1.09. The summed E-state index contributed by atoms with van der Waals surface area (Å²) in [5.74, 6) is -0.193. The van der Waals surface area contributed by atoms with Crippen LogP contribution in [0.4, 0.5) is 0 Å². The van der Waals surface area contributed by atoms with Gasteiger partial charge in [0.25, 0.3) is 0 Å². The minimum Gasteiger partial charge on any atom is -0.469 e. The molecule has 0 unspecified atom stereocenters. The summed E-state index contributed by atoms with van der Waals surface area (Å²) >= 11 is 1.64. The average Bonchev–Trinajstić information content (AvgIpc) is 3.04. The Bertz CT molecular complexity index is 562. The van der Waals surface area contributed by atoms with Crippen molar-refractivity contribution in [3.63, 3.8) is 0 Å². The average molecular weight is 293 g/mol. The van der Waals surface area contributed by atoms with Gasteiger partial charge in [0.15, 0.2) is 0 Å². The van der Waals surface area contributed by atoms with E-state index >= 15 is 0 Å². The van der Waals surface area contributed by atoms with Crippen molar-refractivity contribution >= 4 is 17.3 Å². The van der Waals surface area contributed by atoms with Crippen molar-refractivity contribution in [2.24, 2.45) is 7.05 Å². The molecular weight excluding hydrogens is 274 g/mol. The highest BCUT2D eigenvalue weighted by Crippen LogP contribution is 2.17. The number of aromatic nitrogens is 2. The monoisotopic (exact) mass is 293 g/mol. The molecule has 0 saturated carbocycles. The molecule has 1 N–H and O–H groups in total. The molecule has 0 aliphatic rings. The SMILES string of the molecule is COC(=O)Cc1ccc(CNCCc2ccn(C)n2)s1. The zero-order valence-corrected chi connectivity index (χ0v) is 12.6. The highest BCUT2D eigenvalue weighted by molar-refractivity contribution is 7.12. The fraction of sp³-hybridized carbons (Fsp3) is 0.429. The van der Waals surface area contributed by atoms with E-state index in [9.17, 15) is 4.79 Å². The van der Waals surface area contributed by atoms with Gasteiger partial charge in [-0.25, -0.2) is 0 Å². The van der Waals surface area contributed by atoms with Crippen molar-refractivity contribution in [3.05, 3.63) is 39.8 Å². The summed E-state index contributed by atoms with van der Waals surface area (Å²) in [6.07, 6.45) is 3.23. The minimum absolute atomic E-state index is 0.193. The fourth-order valence-corrected chi connectivity index (χ4v) is 2.82. The largest absolute Gasteiger partial charge is 0.469 e. The van der Waals surface area contributed by atoms with E-state index in [-0.39, 0.29) is 5.97 Å². The van der Waals surface area contributed by atoms with Gasteiger partial charge in [0.05, 0.1) is 19.2 Å². The summed E-state index contributed by atoms with van der Waals surface area (Å²) < 4.78 is 6.47. The van der Waals surface area contributed by atoms with Gasteiger partial charge in [0, 0.05) is 42.5 Å². The number of nitrogens with zero attached hydrogens (tertiary/aromatic N) is 2. The van der Waals surface area contributed by atoms with Crippen molar-refractivity contribution in [1.29, 1.82) is 0 Å². The predicted octanol–water partition coefficient (Wildman–Crippen LogP) is 1.53. The zero-order chi connectivity index (χ0) is 14.4. The van der Waals surface area contributed by atoms with Crippen LogP contribution in [0.2, 0.25) is 0 Å². The molecule has 0 atom stereocenters. The van der Waals surface area contributed by atoms with E-state index in [2.05, 4.69) is 21.2 Å². The second-order valence-electron chi connectivity index (χ2n) is 4.53. The van der Waals surface area contributed by atoms with Gasteiger partial charge < -0.3 is 10.1 Å². The van der Waals surface area contributed by atoms with Crippen molar-refractivity contribution in [3.8, 4) is 0 Å². The fourth-order valence-electron chi connectivity index (χ4n) is 1.85. The van der Waals surface area contributed by atoms with Gasteiger partial charge in [-0.2, -0.15) is 5.10 Å². The smallest absolute Gasteiger partial charge is 0.310 e. The van der Waals surface area contributed by atoms with E-state index in [1.807, 2.05) is 30.1 Å². The van der Waals surface area contributed by atoms with E-state index in [0.29, 0.717) is 6.42 Å². The topological polar surface area (TPSA) is 56.1 Å². The molecule has 2 rings (SSSR count). The lowest BCUT2D eigenvalue weighted by Gasteiger charge is -2.01. The Morgan fingerprint density at radius 2 is 2.20 bits per heavy atom. The first-order valence-electron chi connectivity index (χ1n) is 6.51. The Kier molecular flexibility index (Phi) is 5.31. The van der Waals surface area contributed by atoms with Gasteiger partial charge in [0.2, 0.25) is 0 Å². The summed E-state index contributed by atoms with van der Waals surface area (Å²) in [4.78, 5) is 13.4. The van der Waals surface area contributed by atoms with Crippen LogP contribution in [0.5, 0.6) is 0 Å². The van der Waals surface area contributed by atoms with Crippen LogP contribution in [0.15, 0.2) is 24.4 Å². The first-order valence-corrected chi connectivity index (χ1v) is 7.32. The van der Waals surface area contributed by atoms with E-state index in [1.165, 1.54) is 12.0 Å². The van der Waals surface area contributed by atoms with Crippen molar-refractivity contribution in [1.82, 2.24) is 15.1 Å². The van der Waals surface area contributed by atoms with Gasteiger partial charge >= 0.3 is 5.97 Å².